The highest BCUT2D eigenvalue weighted by molar-refractivity contribution is 5.93. The Labute approximate surface area is 132 Å². The van der Waals surface area contributed by atoms with Gasteiger partial charge in [0.25, 0.3) is 5.91 Å². The molecule has 0 saturated carbocycles. The highest BCUT2D eigenvalue weighted by Gasteiger charge is 2.08. The summed E-state index contributed by atoms with van der Waals surface area (Å²) in [5.74, 6) is 0.392. The summed E-state index contributed by atoms with van der Waals surface area (Å²) in [6, 6.07) is 11.7. The van der Waals surface area contributed by atoms with Crippen molar-refractivity contribution in [2.75, 3.05) is 11.9 Å². The van der Waals surface area contributed by atoms with Gasteiger partial charge in [-0.15, -0.1) is 0 Å². The summed E-state index contributed by atoms with van der Waals surface area (Å²) in [5, 5.41) is 6.22. The molecule has 2 N–H and O–H groups in total. The topological polar surface area (TPSA) is 54.0 Å². The molecule has 0 spiro atoms. The quantitative estimate of drug-likeness (QED) is 0.859. The maximum atomic E-state index is 12.2. The number of nitrogens with zero attached hydrogens (tertiary/aromatic N) is 1. The number of hydrogen-bond acceptors (Lipinski definition) is 3. The molecule has 4 heteroatoms. The fraction of sp³-hybridized carbons (Fsp3) is 0.333. The van der Waals surface area contributed by atoms with Crippen LogP contribution >= 0.6 is 0 Å². The van der Waals surface area contributed by atoms with E-state index in [0.717, 1.165) is 17.8 Å². The Morgan fingerprint density at radius 3 is 2.73 bits per heavy atom. The predicted molar refractivity (Wildman–Crippen MR) is 89.9 cm³/mol. The van der Waals surface area contributed by atoms with E-state index in [-0.39, 0.29) is 5.91 Å². The molecule has 1 amide bonds. The lowest BCUT2D eigenvalue weighted by molar-refractivity contribution is 0.0946. The van der Waals surface area contributed by atoms with Crippen molar-refractivity contribution in [3.63, 3.8) is 0 Å². The number of benzene rings is 1. The van der Waals surface area contributed by atoms with Crippen molar-refractivity contribution in [3.8, 4) is 0 Å². The number of pyridine rings is 1. The van der Waals surface area contributed by atoms with Crippen LogP contribution < -0.4 is 10.6 Å². The number of amides is 1. The highest BCUT2D eigenvalue weighted by atomic mass is 16.1. The number of aryl methyl sites for hydroxylation is 1. The van der Waals surface area contributed by atoms with Gasteiger partial charge in [-0.25, -0.2) is 0 Å². The van der Waals surface area contributed by atoms with E-state index in [2.05, 4.69) is 29.5 Å². The lowest BCUT2D eigenvalue weighted by atomic mass is 10.1. The van der Waals surface area contributed by atoms with Crippen LogP contribution in [0.15, 0.2) is 42.6 Å². The molecule has 2 rings (SSSR count). The van der Waals surface area contributed by atoms with E-state index < -0.39 is 0 Å². The van der Waals surface area contributed by atoms with Crippen LogP contribution in [0.5, 0.6) is 0 Å². The van der Waals surface area contributed by atoms with Gasteiger partial charge in [0.1, 0.15) is 5.69 Å². The van der Waals surface area contributed by atoms with Crippen molar-refractivity contribution in [2.24, 2.45) is 5.92 Å². The van der Waals surface area contributed by atoms with Crippen LogP contribution in [0.25, 0.3) is 0 Å². The van der Waals surface area contributed by atoms with Gasteiger partial charge in [0.2, 0.25) is 0 Å². The first-order valence-electron chi connectivity index (χ1n) is 7.59. The van der Waals surface area contributed by atoms with Crippen molar-refractivity contribution in [2.45, 2.75) is 27.3 Å². The maximum Gasteiger partial charge on any atom is 0.270 e. The van der Waals surface area contributed by atoms with Gasteiger partial charge in [0, 0.05) is 25.0 Å². The molecule has 0 radical (unpaired) electrons. The molecule has 0 aliphatic rings. The van der Waals surface area contributed by atoms with Gasteiger partial charge in [0.15, 0.2) is 0 Å². The zero-order valence-corrected chi connectivity index (χ0v) is 13.4. The van der Waals surface area contributed by atoms with E-state index in [1.807, 2.05) is 37.3 Å². The maximum absolute atomic E-state index is 12.2. The third kappa shape index (κ3) is 4.58. The minimum atomic E-state index is -0.156. The smallest absolute Gasteiger partial charge is 0.270 e. The second-order valence-corrected chi connectivity index (χ2v) is 5.81. The Hall–Kier alpha value is -2.36. The Morgan fingerprint density at radius 2 is 2.00 bits per heavy atom. The Kier molecular flexibility index (Phi) is 5.53. The molecule has 0 fully saturated rings. The van der Waals surface area contributed by atoms with Gasteiger partial charge in [-0.3, -0.25) is 9.78 Å². The third-order valence-electron chi connectivity index (χ3n) is 3.41. The molecule has 2 aromatic rings. The molecular weight excluding hydrogens is 274 g/mol. The first-order valence-corrected chi connectivity index (χ1v) is 7.59. The zero-order chi connectivity index (χ0) is 15.9. The van der Waals surface area contributed by atoms with Gasteiger partial charge in [-0.05, 0) is 36.1 Å². The lowest BCUT2D eigenvalue weighted by Crippen LogP contribution is -2.24. The van der Waals surface area contributed by atoms with E-state index in [9.17, 15) is 4.79 Å². The number of rotatable bonds is 6. The van der Waals surface area contributed by atoms with Crippen LogP contribution in [-0.2, 0) is 6.54 Å². The molecule has 0 saturated heterocycles. The van der Waals surface area contributed by atoms with Crippen LogP contribution in [0.4, 0.5) is 5.69 Å². The van der Waals surface area contributed by atoms with E-state index >= 15 is 0 Å². The summed E-state index contributed by atoms with van der Waals surface area (Å²) in [7, 11) is 0. The van der Waals surface area contributed by atoms with Crippen molar-refractivity contribution >= 4 is 11.6 Å². The fourth-order valence-electron chi connectivity index (χ4n) is 2.06. The molecular formula is C18H23N3O. The van der Waals surface area contributed by atoms with Crippen LogP contribution in [0.3, 0.4) is 0 Å². The minimum absolute atomic E-state index is 0.156. The summed E-state index contributed by atoms with van der Waals surface area (Å²) >= 11 is 0. The fourth-order valence-corrected chi connectivity index (χ4v) is 2.06. The monoisotopic (exact) mass is 297 g/mol. The molecule has 0 atom stereocenters. The summed E-state index contributed by atoms with van der Waals surface area (Å²) in [5.41, 5.74) is 3.64. The van der Waals surface area contributed by atoms with E-state index in [4.69, 9.17) is 0 Å². The highest BCUT2D eigenvalue weighted by Crippen LogP contribution is 2.10. The molecule has 1 aromatic heterocycles. The molecule has 0 aliphatic carbocycles. The van der Waals surface area contributed by atoms with Gasteiger partial charge in [0.05, 0.1) is 0 Å². The van der Waals surface area contributed by atoms with E-state index in [1.54, 1.807) is 12.3 Å². The standard InChI is InChI=1S/C18H23N3O/c1-13(2)11-20-16-8-9-19-17(10-16)18(22)21-12-15-7-5-4-6-14(15)3/h4-10,13H,11-12H2,1-3H3,(H,19,20)(H,21,22). The Balaban J connectivity index is 1.97. The zero-order valence-electron chi connectivity index (χ0n) is 13.4. The van der Waals surface area contributed by atoms with Crippen molar-refractivity contribution in [1.29, 1.82) is 0 Å². The normalized spacial score (nSPS) is 10.5. The van der Waals surface area contributed by atoms with Crippen molar-refractivity contribution in [1.82, 2.24) is 10.3 Å². The lowest BCUT2D eigenvalue weighted by Gasteiger charge is -2.10. The minimum Gasteiger partial charge on any atom is -0.385 e. The average molecular weight is 297 g/mol. The molecule has 1 aromatic carbocycles. The van der Waals surface area contributed by atoms with Crippen LogP contribution in [0.1, 0.15) is 35.5 Å². The van der Waals surface area contributed by atoms with E-state index in [1.165, 1.54) is 5.56 Å². The molecule has 0 bridgehead atoms. The molecule has 4 nitrogen and oxygen atoms in total. The number of hydrogen-bond donors (Lipinski definition) is 2. The second-order valence-electron chi connectivity index (χ2n) is 5.81. The van der Waals surface area contributed by atoms with E-state index in [0.29, 0.717) is 18.2 Å². The molecule has 1 heterocycles. The van der Waals surface area contributed by atoms with Gasteiger partial charge in [-0.1, -0.05) is 38.1 Å². The Bertz CT molecular complexity index is 638. The van der Waals surface area contributed by atoms with Crippen LogP contribution in [0, 0.1) is 12.8 Å². The largest absolute Gasteiger partial charge is 0.385 e. The molecule has 22 heavy (non-hydrogen) atoms. The van der Waals surface area contributed by atoms with Crippen LogP contribution in [-0.4, -0.2) is 17.4 Å². The number of nitrogens with one attached hydrogen (secondary N) is 2. The predicted octanol–water partition coefficient (Wildman–Crippen LogP) is 3.39. The summed E-state index contributed by atoms with van der Waals surface area (Å²) in [6.07, 6.45) is 1.66. The van der Waals surface area contributed by atoms with Gasteiger partial charge >= 0.3 is 0 Å². The third-order valence-corrected chi connectivity index (χ3v) is 3.41. The number of carbonyl (C=O) groups is 1. The number of aromatic nitrogens is 1. The average Bonchev–Trinajstić information content (AvgIpc) is 2.52. The molecule has 0 aliphatic heterocycles. The van der Waals surface area contributed by atoms with Gasteiger partial charge < -0.3 is 10.6 Å². The van der Waals surface area contributed by atoms with Crippen LogP contribution in [0.2, 0.25) is 0 Å². The number of anilines is 1. The number of carbonyl (C=O) groups excluding carboxylic acids is 1. The van der Waals surface area contributed by atoms with Crippen molar-refractivity contribution in [3.05, 3.63) is 59.4 Å². The summed E-state index contributed by atoms with van der Waals surface area (Å²) < 4.78 is 0. The first-order chi connectivity index (χ1) is 10.6. The second kappa shape index (κ2) is 7.59. The first kappa shape index (κ1) is 16.0. The SMILES string of the molecule is Cc1ccccc1CNC(=O)c1cc(NCC(C)C)ccn1. The van der Waals surface area contributed by atoms with Crippen molar-refractivity contribution < 1.29 is 4.79 Å². The Morgan fingerprint density at radius 1 is 1.23 bits per heavy atom. The van der Waals surface area contributed by atoms with Gasteiger partial charge in [-0.2, -0.15) is 0 Å². The molecule has 0 unspecified atom stereocenters. The summed E-state index contributed by atoms with van der Waals surface area (Å²) in [4.78, 5) is 16.4. The summed E-state index contributed by atoms with van der Waals surface area (Å²) in [6.45, 7) is 7.70. The molecule has 116 valence electrons.